The number of hydrogen-bond acceptors (Lipinski definition) is 3. The van der Waals surface area contributed by atoms with E-state index in [0.717, 1.165) is 18.8 Å². The van der Waals surface area contributed by atoms with Crippen molar-refractivity contribution in [3.05, 3.63) is 30.3 Å². The van der Waals surface area contributed by atoms with E-state index in [1.54, 1.807) is 4.90 Å². The smallest absolute Gasteiger partial charge is 0.243 e. The van der Waals surface area contributed by atoms with Gasteiger partial charge in [0.2, 0.25) is 5.91 Å². The predicted molar refractivity (Wildman–Crippen MR) is 65.9 cm³/mol. The quantitative estimate of drug-likeness (QED) is 0.601. The van der Waals surface area contributed by atoms with Gasteiger partial charge in [-0.15, -0.1) is 0 Å². The summed E-state index contributed by atoms with van der Waals surface area (Å²) in [5.74, 6) is 5.88. The number of likely N-dealkylation sites (N-methyl/N-ethyl adjacent to an activating group) is 1. The zero-order valence-electron chi connectivity index (χ0n) is 9.89. The van der Waals surface area contributed by atoms with Crippen molar-refractivity contribution in [3.8, 4) is 0 Å². The molecule has 88 valence electrons. The first kappa shape index (κ1) is 12.5. The Morgan fingerprint density at radius 3 is 2.25 bits per heavy atom. The van der Waals surface area contributed by atoms with Crippen LogP contribution in [0, 0.1) is 0 Å². The van der Waals surface area contributed by atoms with Crippen molar-refractivity contribution in [1.82, 2.24) is 4.90 Å². The molecule has 0 atom stereocenters. The van der Waals surface area contributed by atoms with Gasteiger partial charge in [-0.05, 0) is 26.0 Å². The van der Waals surface area contributed by atoms with E-state index in [0.29, 0.717) is 0 Å². The SMILES string of the molecule is CCN(CC)C(=O)CN(N)c1ccccc1. The fourth-order valence-corrected chi connectivity index (χ4v) is 1.53. The summed E-state index contributed by atoms with van der Waals surface area (Å²) < 4.78 is 0. The third-order valence-electron chi connectivity index (χ3n) is 2.51. The number of hydrazine groups is 1. The number of benzene rings is 1. The molecule has 0 saturated heterocycles. The lowest BCUT2D eigenvalue weighted by atomic mass is 10.3. The minimum Gasteiger partial charge on any atom is -0.342 e. The molecule has 0 saturated carbocycles. The summed E-state index contributed by atoms with van der Waals surface area (Å²) in [4.78, 5) is 13.6. The number of amides is 1. The Bertz CT molecular complexity index is 322. The maximum atomic E-state index is 11.8. The van der Waals surface area contributed by atoms with Crippen LogP contribution in [0.25, 0.3) is 0 Å². The second-order valence-electron chi connectivity index (χ2n) is 3.53. The Kier molecular flexibility index (Phi) is 4.79. The summed E-state index contributed by atoms with van der Waals surface area (Å²) in [5.41, 5.74) is 0.850. The second-order valence-corrected chi connectivity index (χ2v) is 3.53. The summed E-state index contributed by atoms with van der Waals surface area (Å²) in [6.45, 7) is 5.58. The molecule has 1 rings (SSSR count). The molecule has 0 aliphatic rings. The van der Waals surface area contributed by atoms with Crippen LogP contribution in [0.5, 0.6) is 0 Å². The number of para-hydroxylation sites is 1. The highest BCUT2D eigenvalue weighted by molar-refractivity contribution is 5.81. The minimum atomic E-state index is 0.0522. The Balaban J connectivity index is 2.58. The standard InChI is InChI=1S/C12H19N3O/c1-3-14(4-2)12(16)10-15(13)11-8-6-5-7-9-11/h5-9H,3-4,10,13H2,1-2H3. The third-order valence-corrected chi connectivity index (χ3v) is 2.51. The largest absolute Gasteiger partial charge is 0.342 e. The highest BCUT2D eigenvalue weighted by Crippen LogP contribution is 2.09. The zero-order valence-corrected chi connectivity index (χ0v) is 9.89. The van der Waals surface area contributed by atoms with Crippen LogP contribution in [-0.2, 0) is 4.79 Å². The number of nitrogens with zero attached hydrogens (tertiary/aromatic N) is 2. The monoisotopic (exact) mass is 221 g/mol. The maximum absolute atomic E-state index is 11.8. The van der Waals surface area contributed by atoms with Crippen LogP contribution in [0.4, 0.5) is 5.69 Å². The van der Waals surface area contributed by atoms with Gasteiger partial charge in [0.15, 0.2) is 0 Å². The van der Waals surface area contributed by atoms with Crippen molar-refractivity contribution in [1.29, 1.82) is 0 Å². The molecule has 0 fully saturated rings. The molecule has 0 aromatic heterocycles. The molecule has 1 aromatic rings. The Morgan fingerprint density at radius 2 is 1.75 bits per heavy atom. The van der Waals surface area contributed by atoms with Crippen LogP contribution < -0.4 is 10.9 Å². The topological polar surface area (TPSA) is 49.6 Å². The van der Waals surface area contributed by atoms with E-state index in [9.17, 15) is 4.79 Å². The summed E-state index contributed by atoms with van der Waals surface area (Å²) in [6.07, 6.45) is 0. The lowest BCUT2D eigenvalue weighted by Crippen LogP contribution is -2.43. The zero-order chi connectivity index (χ0) is 12.0. The van der Waals surface area contributed by atoms with E-state index in [1.165, 1.54) is 5.01 Å². The molecular formula is C12H19N3O. The number of rotatable bonds is 5. The van der Waals surface area contributed by atoms with Crippen LogP contribution in [0.1, 0.15) is 13.8 Å². The number of carbonyl (C=O) groups is 1. The Hall–Kier alpha value is -1.55. The summed E-state index contributed by atoms with van der Waals surface area (Å²) in [7, 11) is 0. The molecular weight excluding hydrogens is 202 g/mol. The van der Waals surface area contributed by atoms with Crippen LogP contribution in [0.15, 0.2) is 30.3 Å². The van der Waals surface area contributed by atoms with Crippen molar-refractivity contribution < 1.29 is 4.79 Å². The van der Waals surface area contributed by atoms with Crippen LogP contribution in [-0.4, -0.2) is 30.4 Å². The van der Waals surface area contributed by atoms with E-state index in [1.807, 2.05) is 44.2 Å². The van der Waals surface area contributed by atoms with Crippen LogP contribution in [0.3, 0.4) is 0 Å². The highest BCUT2D eigenvalue weighted by Gasteiger charge is 2.12. The van der Waals surface area contributed by atoms with Gasteiger partial charge in [-0.3, -0.25) is 4.79 Å². The molecule has 0 unspecified atom stereocenters. The Labute approximate surface area is 96.6 Å². The van der Waals surface area contributed by atoms with Crippen molar-refractivity contribution in [2.24, 2.45) is 5.84 Å². The van der Waals surface area contributed by atoms with Gasteiger partial charge in [0.25, 0.3) is 0 Å². The fourth-order valence-electron chi connectivity index (χ4n) is 1.53. The van der Waals surface area contributed by atoms with E-state index < -0.39 is 0 Å². The van der Waals surface area contributed by atoms with Crippen molar-refractivity contribution >= 4 is 11.6 Å². The molecule has 2 N–H and O–H groups in total. The minimum absolute atomic E-state index is 0.0522. The molecule has 4 heteroatoms. The Morgan fingerprint density at radius 1 is 1.19 bits per heavy atom. The van der Waals surface area contributed by atoms with E-state index in [4.69, 9.17) is 5.84 Å². The molecule has 0 aliphatic heterocycles. The summed E-state index contributed by atoms with van der Waals surface area (Å²) >= 11 is 0. The van der Waals surface area contributed by atoms with E-state index >= 15 is 0 Å². The van der Waals surface area contributed by atoms with Gasteiger partial charge in [0.1, 0.15) is 6.54 Å². The van der Waals surface area contributed by atoms with Crippen molar-refractivity contribution in [2.45, 2.75) is 13.8 Å². The van der Waals surface area contributed by atoms with Crippen LogP contribution >= 0.6 is 0 Å². The molecule has 0 bridgehead atoms. The van der Waals surface area contributed by atoms with E-state index in [-0.39, 0.29) is 12.5 Å². The normalized spacial score (nSPS) is 9.94. The van der Waals surface area contributed by atoms with E-state index in [2.05, 4.69) is 0 Å². The van der Waals surface area contributed by atoms with Gasteiger partial charge in [0, 0.05) is 13.1 Å². The van der Waals surface area contributed by atoms with Gasteiger partial charge in [-0.25, -0.2) is 5.84 Å². The number of carbonyl (C=O) groups excluding carboxylic acids is 1. The number of nitrogens with two attached hydrogens (primary N) is 1. The number of anilines is 1. The second kappa shape index (κ2) is 6.12. The molecule has 0 radical (unpaired) electrons. The van der Waals surface area contributed by atoms with Crippen molar-refractivity contribution in [3.63, 3.8) is 0 Å². The van der Waals surface area contributed by atoms with Gasteiger partial charge in [-0.1, -0.05) is 18.2 Å². The first-order valence-corrected chi connectivity index (χ1v) is 5.54. The van der Waals surface area contributed by atoms with Gasteiger partial charge in [0.05, 0.1) is 5.69 Å². The maximum Gasteiger partial charge on any atom is 0.243 e. The van der Waals surface area contributed by atoms with Crippen molar-refractivity contribution in [2.75, 3.05) is 24.6 Å². The molecule has 0 heterocycles. The third kappa shape index (κ3) is 3.24. The lowest BCUT2D eigenvalue weighted by molar-refractivity contribution is -0.129. The lowest BCUT2D eigenvalue weighted by Gasteiger charge is -2.23. The molecule has 1 amide bonds. The first-order valence-electron chi connectivity index (χ1n) is 5.54. The summed E-state index contributed by atoms with van der Waals surface area (Å²) in [5, 5.41) is 1.47. The van der Waals surface area contributed by atoms with Gasteiger partial charge in [-0.2, -0.15) is 0 Å². The van der Waals surface area contributed by atoms with Crippen LogP contribution in [0.2, 0.25) is 0 Å². The summed E-state index contributed by atoms with van der Waals surface area (Å²) in [6, 6.07) is 9.49. The molecule has 16 heavy (non-hydrogen) atoms. The molecule has 0 spiro atoms. The highest BCUT2D eigenvalue weighted by atomic mass is 16.2. The molecule has 1 aromatic carbocycles. The average molecular weight is 221 g/mol. The average Bonchev–Trinajstić information content (AvgIpc) is 2.31. The molecule has 4 nitrogen and oxygen atoms in total. The fraction of sp³-hybridized carbons (Fsp3) is 0.417. The first-order chi connectivity index (χ1) is 7.69. The predicted octanol–water partition coefficient (Wildman–Crippen LogP) is 1.24. The van der Waals surface area contributed by atoms with Gasteiger partial charge >= 0.3 is 0 Å². The number of hydrogen-bond donors (Lipinski definition) is 1. The van der Waals surface area contributed by atoms with Gasteiger partial charge < -0.3 is 9.91 Å². The molecule has 0 aliphatic carbocycles.